The fourth-order valence-electron chi connectivity index (χ4n) is 7.10. The van der Waals surface area contributed by atoms with E-state index < -0.39 is 53.7 Å². The summed E-state index contributed by atoms with van der Waals surface area (Å²) in [6, 6.07) is 7.43. The van der Waals surface area contributed by atoms with Gasteiger partial charge in [-0.2, -0.15) is 5.26 Å². The Hall–Kier alpha value is -4.41. The number of aromatic carboxylic acids is 1. The van der Waals surface area contributed by atoms with Crippen LogP contribution in [0.3, 0.4) is 0 Å². The molecular formula is C34H32F3N4O2Si+. The van der Waals surface area contributed by atoms with Crippen molar-refractivity contribution < 1.29 is 27.6 Å². The van der Waals surface area contributed by atoms with Crippen LogP contribution in [0, 0.1) is 35.4 Å². The number of hydrogen-bond donors (Lipinski definition) is 1. The number of halogens is 3. The van der Waals surface area contributed by atoms with Gasteiger partial charge in [0.2, 0.25) is 0 Å². The van der Waals surface area contributed by atoms with Crippen molar-refractivity contribution in [2.75, 3.05) is 31.1 Å². The normalized spacial score (nSPS) is 20.1. The Kier molecular flexibility index (Phi) is 7.17. The van der Waals surface area contributed by atoms with Crippen molar-refractivity contribution in [2.24, 2.45) is 0 Å². The zero-order chi connectivity index (χ0) is 31.6. The summed E-state index contributed by atoms with van der Waals surface area (Å²) < 4.78 is 50.4. The van der Waals surface area contributed by atoms with Crippen molar-refractivity contribution in [1.29, 1.82) is 5.26 Å². The number of nitriles is 1. The van der Waals surface area contributed by atoms with Crippen LogP contribution in [0.15, 0.2) is 47.2 Å². The Balaban J connectivity index is 1.75. The van der Waals surface area contributed by atoms with E-state index in [4.69, 9.17) is 6.57 Å². The zero-order valence-corrected chi connectivity index (χ0v) is 25.9. The first-order valence-corrected chi connectivity index (χ1v) is 17.9. The highest BCUT2D eigenvalue weighted by Gasteiger charge is 2.47. The Labute approximate surface area is 255 Å². The van der Waals surface area contributed by atoms with Gasteiger partial charge < -0.3 is 10.0 Å². The topological polar surface area (TPSA) is 71.7 Å². The predicted molar refractivity (Wildman–Crippen MR) is 165 cm³/mol. The van der Waals surface area contributed by atoms with Crippen molar-refractivity contribution in [3.63, 3.8) is 0 Å². The first kappa shape index (κ1) is 29.6. The molecule has 4 aliphatic rings. The Bertz CT molecular complexity index is 1830. The van der Waals surface area contributed by atoms with E-state index in [1.807, 2.05) is 24.3 Å². The molecule has 0 amide bonds. The van der Waals surface area contributed by atoms with E-state index in [-0.39, 0.29) is 5.57 Å². The molecule has 1 unspecified atom stereocenters. The maximum Gasteiger partial charge on any atom is 0.343 e. The second-order valence-corrected chi connectivity index (χ2v) is 16.8. The number of carboxylic acid groups (broad SMARTS) is 1. The van der Waals surface area contributed by atoms with Crippen LogP contribution in [-0.2, 0) is 5.54 Å². The average Bonchev–Trinajstić information content (AvgIpc) is 3.75. The van der Waals surface area contributed by atoms with Gasteiger partial charge in [0.25, 0.3) is 0 Å². The van der Waals surface area contributed by atoms with Gasteiger partial charge in [-0.25, -0.2) is 29.1 Å². The number of allylic oxidation sites excluding steroid dienone is 5. The summed E-state index contributed by atoms with van der Waals surface area (Å²) in [5.41, 5.74) is -2.08. The molecule has 1 N–H and O–H groups in total. The van der Waals surface area contributed by atoms with Crippen LogP contribution < -0.4 is 10.1 Å². The molecular weight excluding hydrogens is 581 g/mol. The van der Waals surface area contributed by atoms with E-state index >= 15 is 13.2 Å². The highest BCUT2D eigenvalue weighted by Crippen LogP contribution is 2.46. The third-order valence-electron chi connectivity index (χ3n) is 9.55. The van der Waals surface area contributed by atoms with E-state index in [2.05, 4.69) is 39.6 Å². The largest absolute Gasteiger partial charge is 0.478 e. The van der Waals surface area contributed by atoms with E-state index in [1.165, 1.54) is 0 Å². The highest BCUT2D eigenvalue weighted by molar-refractivity contribution is 6.98. The third-order valence-corrected chi connectivity index (χ3v) is 13.1. The van der Waals surface area contributed by atoms with Gasteiger partial charge in [-0.15, -0.1) is 0 Å². The number of carboxylic acids is 1. The van der Waals surface area contributed by atoms with Crippen molar-refractivity contribution in [3.05, 3.63) is 98.3 Å². The molecule has 6 rings (SSSR count). The molecule has 0 saturated carbocycles. The van der Waals surface area contributed by atoms with E-state index in [1.54, 1.807) is 6.07 Å². The second-order valence-electron chi connectivity index (χ2n) is 12.5. The van der Waals surface area contributed by atoms with E-state index in [0.717, 1.165) is 80.6 Å². The van der Waals surface area contributed by atoms with Crippen LogP contribution in [0.4, 0.5) is 18.9 Å². The van der Waals surface area contributed by atoms with Gasteiger partial charge in [0.1, 0.15) is 38.1 Å². The number of anilines is 1. The summed E-state index contributed by atoms with van der Waals surface area (Å²) in [7, 11) is -2.53. The van der Waals surface area contributed by atoms with E-state index in [9.17, 15) is 15.2 Å². The summed E-state index contributed by atoms with van der Waals surface area (Å²) in [4.78, 5) is 18.0. The summed E-state index contributed by atoms with van der Waals surface area (Å²) in [5.74, 6) is -6.90. The lowest BCUT2D eigenvalue weighted by Crippen LogP contribution is -2.50. The Morgan fingerprint density at radius 3 is 2.39 bits per heavy atom. The van der Waals surface area contributed by atoms with Gasteiger partial charge in [-0.1, -0.05) is 19.2 Å². The molecule has 224 valence electrons. The lowest BCUT2D eigenvalue weighted by Gasteiger charge is -2.38. The molecule has 0 radical (unpaired) electrons. The molecule has 0 aromatic heterocycles. The van der Waals surface area contributed by atoms with Gasteiger partial charge in [-0.3, -0.25) is 4.85 Å². The number of benzene rings is 2. The number of fused-ring (bicyclic) bond motifs is 2. The molecule has 3 heterocycles. The molecule has 10 heteroatoms. The summed E-state index contributed by atoms with van der Waals surface area (Å²) >= 11 is 0. The molecule has 1 aliphatic carbocycles. The van der Waals surface area contributed by atoms with Gasteiger partial charge in [0, 0.05) is 56.3 Å². The minimum atomic E-state index is -2.53. The number of hydrogen-bond acceptors (Lipinski definition) is 3. The minimum Gasteiger partial charge on any atom is -0.478 e. The van der Waals surface area contributed by atoms with Gasteiger partial charge in [0.05, 0.1) is 0 Å². The predicted octanol–water partition coefficient (Wildman–Crippen LogP) is 6.07. The van der Waals surface area contributed by atoms with Crippen molar-refractivity contribution in [3.8, 4) is 6.07 Å². The molecule has 44 heavy (non-hydrogen) atoms. The minimum absolute atomic E-state index is 0.128. The SMILES string of the molecule is [C-]#[N+]C(C)(C#N)c1c(F)c(F)c(C(=O)O)c(C2=C3C=CC(=[N+]4CCCC4)C=C3[Si](C)(C)c3cc(N4CCCC4)ccc32)c1F. The van der Waals surface area contributed by atoms with Crippen LogP contribution in [0.2, 0.25) is 13.1 Å². The number of nitrogens with zero attached hydrogens (tertiary/aromatic N) is 4. The highest BCUT2D eigenvalue weighted by atomic mass is 28.3. The Morgan fingerprint density at radius 2 is 1.77 bits per heavy atom. The lowest BCUT2D eigenvalue weighted by molar-refractivity contribution is -0.504. The second kappa shape index (κ2) is 10.6. The quantitative estimate of drug-likeness (QED) is 0.197. The maximum absolute atomic E-state index is 16.8. The molecule has 2 fully saturated rings. The standard InChI is InChI=1S/C34H31F3N4O2Si/c1-34(19-38,39-2)29-30(35)27(28(33(42)43)31(36)32(29)37)26-22-11-9-20(40-13-5-6-14-40)17-24(22)44(3,4)25-18-21(10-12-23(25)26)41-15-7-8-16-41/h9-12,17-18H,5-8,13-16H2,1,3-4H3/p+1. The van der Waals surface area contributed by atoms with Crippen LogP contribution in [-0.4, -0.2) is 55.6 Å². The molecule has 3 aliphatic heterocycles. The molecule has 2 saturated heterocycles. The zero-order valence-electron chi connectivity index (χ0n) is 24.9. The first-order chi connectivity index (χ1) is 20.9. The lowest BCUT2D eigenvalue weighted by atomic mass is 9.82. The fourth-order valence-corrected chi connectivity index (χ4v) is 10.2. The molecule has 2 aromatic carbocycles. The fraction of sp³-hybridized carbons (Fsp3) is 0.353. The molecule has 0 spiro atoms. The third kappa shape index (κ3) is 4.35. The number of carbonyl (C=O) groups is 1. The Morgan fingerprint density at radius 1 is 1.09 bits per heavy atom. The van der Waals surface area contributed by atoms with Crippen LogP contribution >= 0.6 is 0 Å². The summed E-state index contributed by atoms with van der Waals surface area (Å²) in [6.07, 6.45) is 10.1. The molecule has 6 nitrogen and oxygen atoms in total. The average molecular weight is 614 g/mol. The van der Waals surface area contributed by atoms with Gasteiger partial charge >= 0.3 is 11.5 Å². The molecule has 0 bridgehead atoms. The monoisotopic (exact) mass is 613 g/mol. The van der Waals surface area contributed by atoms with Crippen molar-refractivity contribution in [1.82, 2.24) is 0 Å². The van der Waals surface area contributed by atoms with Crippen molar-refractivity contribution >= 4 is 36.2 Å². The van der Waals surface area contributed by atoms with E-state index in [0.29, 0.717) is 11.1 Å². The maximum atomic E-state index is 16.8. The smallest absolute Gasteiger partial charge is 0.343 e. The van der Waals surface area contributed by atoms with Gasteiger partial charge in [-0.05, 0) is 58.1 Å². The van der Waals surface area contributed by atoms with Crippen LogP contribution in [0.5, 0.6) is 0 Å². The summed E-state index contributed by atoms with van der Waals surface area (Å²) in [5, 5.41) is 21.8. The van der Waals surface area contributed by atoms with Gasteiger partial charge in [0.15, 0.2) is 23.4 Å². The van der Waals surface area contributed by atoms with Crippen molar-refractivity contribution in [2.45, 2.75) is 51.2 Å². The molecule has 2 aromatic rings. The summed E-state index contributed by atoms with van der Waals surface area (Å²) in [6.45, 7) is 16.5. The van der Waals surface area contributed by atoms with Crippen LogP contribution in [0.25, 0.3) is 10.4 Å². The molecule has 1 atom stereocenters. The first-order valence-electron chi connectivity index (χ1n) is 14.9. The van der Waals surface area contributed by atoms with Crippen LogP contribution in [0.1, 0.15) is 59.7 Å². The number of rotatable bonds is 4.